The third kappa shape index (κ3) is 17.2. The fourth-order valence-electron chi connectivity index (χ4n) is 6.89. The van der Waals surface area contributed by atoms with E-state index in [0.717, 1.165) is 11.4 Å². The summed E-state index contributed by atoms with van der Waals surface area (Å²) in [7, 11) is -0.892. The van der Waals surface area contributed by atoms with Gasteiger partial charge in [0.15, 0.2) is 0 Å². The van der Waals surface area contributed by atoms with Gasteiger partial charge in [-0.3, -0.25) is 9.98 Å². The first-order chi connectivity index (χ1) is 34.4. The number of hydrogen-bond donors (Lipinski definition) is 2. The van der Waals surface area contributed by atoms with E-state index < -0.39 is 15.8 Å². The van der Waals surface area contributed by atoms with Gasteiger partial charge >= 0.3 is 0 Å². The molecule has 0 spiro atoms. The van der Waals surface area contributed by atoms with E-state index in [4.69, 9.17) is 23.2 Å². The minimum Gasteiger partial charge on any atom is -0.507 e. The van der Waals surface area contributed by atoms with Crippen molar-refractivity contribution in [1.82, 2.24) is 0 Å². The van der Waals surface area contributed by atoms with Crippen molar-refractivity contribution >= 4 is 94.7 Å². The van der Waals surface area contributed by atoms with Crippen molar-refractivity contribution in [2.75, 3.05) is 0 Å². The van der Waals surface area contributed by atoms with Gasteiger partial charge in [-0.1, -0.05) is 229 Å². The molecule has 0 aromatic heterocycles. The topological polar surface area (TPSA) is 65.2 Å². The summed E-state index contributed by atoms with van der Waals surface area (Å²) in [6.07, 6.45) is 3.25. The second-order valence-corrected chi connectivity index (χ2v) is 20.6. The van der Waals surface area contributed by atoms with Crippen LogP contribution in [0.3, 0.4) is 0 Å². The Morgan fingerprint density at radius 2 is 0.493 bits per heavy atom. The molecule has 0 aliphatic heterocycles. The maximum Gasteiger partial charge on any atom is 0.124 e. The van der Waals surface area contributed by atoms with Gasteiger partial charge in [0.2, 0.25) is 0 Å². The van der Waals surface area contributed by atoms with E-state index in [-0.39, 0.29) is 31.0 Å². The molecule has 0 radical (unpaired) electrons. The zero-order valence-corrected chi connectivity index (χ0v) is 43.5. The number of rotatable bonds is 10. The maximum absolute atomic E-state index is 9.52. The first-order valence-corrected chi connectivity index (χ1v) is 25.9. The Bertz CT molecular complexity index is 2720. The van der Waals surface area contributed by atoms with Gasteiger partial charge in [0, 0.05) is 53.1 Å². The molecule has 0 bridgehead atoms. The van der Waals surface area contributed by atoms with Crippen molar-refractivity contribution < 1.29 is 29.7 Å². The second-order valence-electron chi connectivity index (χ2n) is 15.3. The summed E-state index contributed by atoms with van der Waals surface area (Å²) in [4.78, 5) is 8.47. The molecular weight excluding hydrogens is 1040 g/mol. The number of phenolic OH excluding ortho intramolecular Hbond substituents is 2. The molecule has 0 saturated carbocycles. The van der Waals surface area contributed by atoms with E-state index >= 15 is 0 Å². The van der Waals surface area contributed by atoms with Gasteiger partial charge in [0.1, 0.15) is 11.5 Å². The van der Waals surface area contributed by atoms with Gasteiger partial charge in [-0.2, -0.15) is 0 Å². The van der Waals surface area contributed by atoms with E-state index in [0.29, 0.717) is 21.2 Å². The summed E-state index contributed by atoms with van der Waals surface area (Å²) in [5, 5.41) is 28.8. The average molecular weight is 1090 g/mol. The minimum atomic E-state index is -0.446. The molecule has 352 valence electrons. The number of benzene rings is 10. The van der Waals surface area contributed by atoms with Crippen LogP contribution < -0.4 is 31.8 Å². The number of halogens is 2. The minimum absolute atomic E-state index is 0. The normalized spacial score (nSPS) is 10.5. The molecule has 4 nitrogen and oxygen atoms in total. The standard InChI is InChI=1S/2C18H15P.2C13H10ClNO.Ru/c2*1-4-10-16(11-5-1)19(17-12-6-2-7-13-17)18-14-8-3-9-15-18;2*14-11-5-7-12(8-6-11)15-9-10-3-1-2-4-13(10)16;/h2*1-15H;2*1-9,16H;. The van der Waals surface area contributed by atoms with Crippen LogP contribution in [0.1, 0.15) is 11.1 Å². The molecule has 0 atom stereocenters. The molecule has 0 amide bonds. The van der Waals surface area contributed by atoms with Crippen molar-refractivity contribution in [3.63, 3.8) is 0 Å². The molecule has 0 aliphatic rings. The van der Waals surface area contributed by atoms with E-state index in [1.54, 1.807) is 73.1 Å². The van der Waals surface area contributed by atoms with E-state index in [2.05, 4.69) is 192 Å². The van der Waals surface area contributed by atoms with Crippen molar-refractivity contribution in [1.29, 1.82) is 0 Å². The van der Waals surface area contributed by atoms with Crippen LogP contribution in [0.15, 0.2) is 289 Å². The third-order valence-electron chi connectivity index (χ3n) is 10.3. The third-order valence-corrected chi connectivity index (χ3v) is 15.7. The number of phenols is 2. The molecule has 0 unspecified atom stereocenters. The van der Waals surface area contributed by atoms with E-state index in [1.165, 1.54) is 31.8 Å². The number of hydrogen-bond acceptors (Lipinski definition) is 4. The molecular formula is C62H50Cl2N2O2P2Ru. The summed E-state index contributed by atoms with van der Waals surface area (Å²) in [5.41, 5.74) is 2.98. The molecule has 9 heteroatoms. The molecule has 10 aromatic rings. The predicted octanol–water partition coefficient (Wildman–Crippen LogP) is 14.5. The van der Waals surface area contributed by atoms with Crippen LogP contribution in [0.25, 0.3) is 0 Å². The summed E-state index contributed by atoms with van der Waals surface area (Å²) < 4.78 is 0. The Morgan fingerprint density at radius 1 is 0.282 bits per heavy atom. The zero-order valence-electron chi connectivity index (χ0n) is 38.5. The first kappa shape index (κ1) is 53.6. The molecule has 0 saturated heterocycles. The Labute approximate surface area is 443 Å². The smallest absolute Gasteiger partial charge is 0.124 e. The van der Waals surface area contributed by atoms with Gasteiger partial charge in [0.25, 0.3) is 0 Å². The number of aliphatic imine (C=N–C) groups is 2. The molecule has 2 N–H and O–H groups in total. The van der Waals surface area contributed by atoms with Crippen LogP contribution in [0, 0.1) is 0 Å². The van der Waals surface area contributed by atoms with Crippen LogP contribution in [0.2, 0.25) is 10.0 Å². The van der Waals surface area contributed by atoms with Crippen molar-refractivity contribution in [3.8, 4) is 11.5 Å². The van der Waals surface area contributed by atoms with Gasteiger partial charge in [0.05, 0.1) is 11.4 Å². The summed E-state index contributed by atoms with van der Waals surface area (Å²) in [5.74, 6) is 0.445. The van der Waals surface area contributed by atoms with Gasteiger partial charge in [-0.25, -0.2) is 0 Å². The van der Waals surface area contributed by atoms with Crippen LogP contribution >= 0.6 is 39.0 Å². The number of nitrogens with zero attached hydrogens (tertiary/aromatic N) is 2. The van der Waals surface area contributed by atoms with E-state index in [1.807, 2.05) is 36.4 Å². The average Bonchev–Trinajstić information content (AvgIpc) is 3.42. The van der Waals surface area contributed by atoms with Crippen LogP contribution in [0.5, 0.6) is 11.5 Å². The van der Waals surface area contributed by atoms with Gasteiger partial charge in [-0.05, 0) is 120 Å². The molecule has 10 rings (SSSR count). The predicted molar refractivity (Wildman–Crippen MR) is 304 cm³/mol. The number of aromatic hydroxyl groups is 2. The van der Waals surface area contributed by atoms with Crippen LogP contribution in [-0.4, -0.2) is 22.6 Å². The maximum atomic E-state index is 9.52. The van der Waals surface area contributed by atoms with Crippen LogP contribution in [0.4, 0.5) is 11.4 Å². The SMILES string of the molecule is Oc1ccccc1C=Nc1ccc(Cl)cc1.Oc1ccccc1C=Nc1ccc(Cl)cc1.[Ru].c1ccc(P(c2ccccc2)c2ccccc2)cc1.c1ccc(P(c2ccccc2)c2ccccc2)cc1. The molecule has 0 aliphatic carbocycles. The molecule has 71 heavy (non-hydrogen) atoms. The Morgan fingerprint density at radius 3 is 0.718 bits per heavy atom. The van der Waals surface area contributed by atoms with Crippen LogP contribution in [-0.2, 0) is 19.5 Å². The number of para-hydroxylation sites is 2. The second kappa shape index (κ2) is 29.4. The Kier molecular flexibility index (Phi) is 22.2. The summed E-state index contributed by atoms with van der Waals surface area (Å²) in [6.45, 7) is 0. The largest absolute Gasteiger partial charge is 0.507 e. The molecule has 0 heterocycles. The van der Waals surface area contributed by atoms with E-state index in [9.17, 15) is 10.2 Å². The van der Waals surface area contributed by atoms with Crippen molar-refractivity contribution in [3.05, 3.63) is 300 Å². The fraction of sp³-hybridized carbons (Fsp3) is 0. The van der Waals surface area contributed by atoms with Gasteiger partial charge < -0.3 is 10.2 Å². The van der Waals surface area contributed by atoms with Crippen molar-refractivity contribution in [2.24, 2.45) is 9.98 Å². The zero-order chi connectivity index (χ0) is 48.6. The Hall–Kier alpha value is -6.80. The van der Waals surface area contributed by atoms with Gasteiger partial charge in [-0.15, -0.1) is 0 Å². The quantitative estimate of drug-likeness (QED) is 0.0814. The first-order valence-electron chi connectivity index (χ1n) is 22.5. The fourth-order valence-corrected chi connectivity index (χ4v) is 11.8. The summed E-state index contributed by atoms with van der Waals surface area (Å²) >= 11 is 11.5. The monoisotopic (exact) mass is 1090 g/mol. The van der Waals surface area contributed by atoms with Crippen molar-refractivity contribution in [2.45, 2.75) is 0 Å². The summed E-state index contributed by atoms with van der Waals surface area (Å²) in [6, 6.07) is 93.1. The molecule has 0 fully saturated rings. The Balaban J connectivity index is 0.000000155. The molecule has 10 aromatic carbocycles.